The third-order valence-electron chi connectivity index (χ3n) is 5.70. The second-order valence-electron chi connectivity index (χ2n) is 7.71. The van der Waals surface area contributed by atoms with Crippen molar-refractivity contribution in [3.63, 3.8) is 0 Å². The molecule has 0 amide bonds. The van der Waals surface area contributed by atoms with Crippen molar-refractivity contribution in [2.75, 3.05) is 38.3 Å². The summed E-state index contributed by atoms with van der Waals surface area (Å²) in [5, 5.41) is 15.9. The number of nitrogens with zero attached hydrogens (tertiary/aromatic N) is 6. The van der Waals surface area contributed by atoms with Crippen LogP contribution in [0.5, 0.6) is 0 Å². The van der Waals surface area contributed by atoms with Gasteiger partial charge in [0, 0.05) is 42.6 Å². The number of likely N-dealkylation sites (N-methyl/N-ethyl adjacent to an activating group) is 1. The monoisotopic (exact) mass is 418 g/mol. The van der Waals surface area contributed by atoms with Gasteiger partial charge in [-0.3, -0.25) is 14.8 Å². The SMILES string of the molecule is CNCCn1nccc1-c1cc(N2CCOC[C@H]2C)nc2c(-c3ccn[nH]3)nccc12. The summed E-state index contributed by atoms with van der Waals surface area (Å²) in [6.07, 6.45) is 5.41. The molecular formula is C22H26N8O. The van der Waals surface area contributed by atoms with Crippen LogP contribution in [0.25, 0.3) is 33.5 Å². The zero-order chi connectivity index (χ0) is 21.2. The van der Waals surface area contributed by atoms with Crippen LogP contribution < -0.4 is 10.2 Å². The molecule has 9 nitrogen and oxygen atoms in total. The van der Waals surface area contributed by atoms with Crippen molar-refractivity contribution in [2.45, 2.75) is 19.5 Å². The minimum absolute atomic E-state index is 0.244. The van der Waals surface area contributed by atoms with Crippen molar-refractivity contribution < 1.29 is 4.74 Å². The molecule has 5 rings (SSSR count). The Balaban J connectivity index is 1.74. The van der Waals surface area contributed by atoms with Gasteiger partial charge in [-0.2, -0.15) is 10.2 Å². The Bertz CT molecular complexity index is 1170. The van der Waals surface area contributed by atoms with Gasteiger partial charge in [0.25, 0.3) is 0 Å². The van der Waals surface area contributed by atoms with E-state index < -0.39 is 0 Å². The lowest BCUT2D eigenvalue weighted by Gasteiger charge is -2.34. The molecule has 160 valence electrons. The number of H-pyrrole nitrogens is 1. The number of pyridine rings is 2. The van der Waals surface area contributed by atoms with Crippen LogP contribution in [0.1, 0.15) is 6.92 Å². The molecule has 2 N–H and O–H groups in total. The number of aromatic nitrogens is 6. The highest BCUT2D eigenvalue weighted by molar-refractivity contribution is 6.01. The van der Waals surface area contributed by atoms with Gasteiger partial charge in [-0.05, 0) is 38.2 Å². The maximum Gasteiger partial charge on any atom is 0.130 e. The normalized spacial score (nSPS) is 16.8. The van der Waals surface area contributed by atoms with Crippen molar-refractivity contribution in [1.29, 1.82) is 0 Å². The Hall–Kier alpha value is -3.30. The van der Waals surface area contributed by atoms with Crippen molar-refractivity contribution in [2.24, 2.45) is 0 Å². The zero-order valence-electron chi connectivity index (χ0n) is 17.7. The molecule has 0 saturated carbocycles. The lowest BCUT2D eigenvalue weighted by molar-refractivity contribution is 0.0986. The Kier molecular flexibility index (Phi) is 5.35. The van der Waals surface area contributed by atoms with E-state index in [1.54, 1.807) is 6.20 Å². The van der Waals surface area contributed by atoms with Gasteiger partial charge >= 0.3 is 0 Å². The van der Waals surface area contributed by atoms with Gasteiger partial charge in [-0.25, -0.2) is 4.98 Å². The number of aromatic amines is 1. The fraction of sp³-hybridized carbons (Fsp3) is 0.364. The predicted molar refractivity (Wildman–Crippen MR) is 120 cm³/mol. The maximum absolute atomic E-state index is 5.65. The predicted octanol–water partition coefficient (Wildman–Crippen LogP) is 2.33. The Morgan fingerprint density at radius 2 is 2.16 bits per heavy atom. The van der Waals surface area contributed by atoms with Crippen molar-refractivity contribution in [1.82, 2.24) is 35.3 Å². The van der Waals surface area contributed by atoms with E-state index in [0.29, 0.717) is 13.2 Å². The molecule has 1 aliphatic heterocycles. The summed E-state index contributed by atoms with van der Waals surface area (Å²) in [5.41, 5.74) is 4.64. The second kappa shape index (κ2) is 8.44. The number of morpholine rings is 1. The second-order valence-corrected chi connectivity index (χ2v) is 7.71. The molecule has 1 fully saturated rings. The van der Waals surface area contributed by atoms with Crippen molar-refractivity contribution >= 4 is 16.7 Å². The number of anilines is 1. The summed E-state index contributed by atoms with van der Waals surface area (Å²) in [7, 11) is 1.95. The van der Waals surface area contributed by atoms with Gasteiger partial charge in [0.1, 0.15) is 17.0 Å². The number of fused-ring (bicyclic) bond motifs is 1. The van der Waals surface area contributed by atoms with E-state index in [2.05, 4.69) is 49.6 Å². The summed E-state index contributed by atoms with van der Waals surface area (Å²) in [4.78, 5) is 12.0. The number of ether oxygens (including phenoxy) is 1. The average Bonchev–Trinajstić information content (AvgIpc) is 3.49. The number of hydrogen-bond donors (Lipinski definition) is 2. The van der Waals surface area contributed by atoms with Gasteiger partial charge in [-0.15, -0.1) is 0 Å². The molecule has 1 aliphatic rings. The lowest BCUT2D eigenvalue weighted by Crippen LogP contribution is -2.44. The summed E-state index contributed by atoms with van der Waals surface area (Å²) in [6.45, 7) is 5.98. The van der Waals surface area contributed by atoms with Gasteiger partial charge in [0.05, 0.1) is 37.2 Å². The largest absolute Gasteiger partial charge is 0.377 e. The summed E-state index contributed by atoms with van der Waals surface area (Å²) in [6, 6.07) is 8.43. The minimum atomic E-state index is 0.244. The van der Waals surface area contributed by atoms with E-state index >= 15 is 0 Å². The van der Waals surface area contributed by atoms with Crippen LogP contribution >= 0.6 is 0 Å². The van der Waals surface area contributed by atoms with Crippen LogP contribution in [0, 0.1) is 0 Å². The third-order valence-corrected chi connectivity index (χ3v) is 5.70. The van der Waals surface area contributed by atoms with Crippen LogP contribution in [0.2, 0.25) is 0 Å². The van der Waals surface area contributed by atoms with Crippen LogP contribution in [0.3, 0.4) is 0 Å². The summed E-state index contributed by atoms with van der Waals surface area (Å²) < 4.78 is 7.69. The van der Waals surface area contributed by atoms with Crippen molar-refractivity contribution in [3.05, 3.63) is 42.9 Å². The van der Waals surface area contributed by atoms with Crippen LogP contribution in [0.15, 0.2) is 42.9 Å². The highest BCUT2D eigenvalue weighted by Gasteiger charge is 2.23. The molecule has 9 heteroatoms. The summed E-state index contributed by atoms with van der Waals surface area (Å²) in [5.74, 6) is 0.924. The van der Waals surface area contributed by atoms with E-state index in [1.165, 1.54) is 0 Å². The molecule has 1 saturated heterocycles. The Morgan fingerprint density at radius 1 is 1.23 bits per heavy atom. The van der Waals surface area contributed by atoms with Crippen LogP contribution in [0.4, 0.5) is 5.82 Å². The number of rotatable bonds is 6. The first-order valence-electron chi connectivity index (χ1n) is 10.6. The van der Waals surface area contributed by atoms with Crippen LogP contribution in [-0.4, -0.2) is 69.3 Å². The lowest BCUT2D eigenvalue weighted by atomic mass is 10.0. The Morgan fingerprint density at radius 3 is 2.97 bits per heavy atom. The molecule has 0 aliphatic carbocycles. The van der Waals surface area contributed by atoms with E-state index in [9.17, 15) is 0 Å². The maximum atomic E-state index is 5.65. The number of nitrogens with one attached hydrogen (secondary N) is 2. The molecule has 0 aromatic carbocycles. The molecule has 1 atom stereocenters. The van der Waals surface area contributed by atoms with E-state index in [0.717, 1.165) is 59.0 Å². The molecule has 4 aromatic rings. The molecule has 0 spiro atoms. The standard InChI is InChI=1S/C22H26N8O/c1-15-14-31-12-11-29(15)20-13-17(19-5-8-26-30(19)10-9-23-2)16-3-6-24-22(21(16)27-20)18-4-7-25-28-18/h3-8,13,15,23H,9-12,14H2,1-2H3,(H,25,28)/t15-/m1/s1. The van der Waals surface area contributed by atoms with Crippen molar-refractivity contribution in [3.8, 4) is 22.6 Å². The smallest absolute Gasteiger partial charge is 0.130 e. The average molecular weight is 419 g/mol. The van der Waals surface area contributed by atoms with E-state index in [-0.39, 0.29) is 6.04 Å². The topological polar surface area (TPSA) is 96.8 Å². The Labute approximate surface area is 180 Å². The fourth-order valence-corrected chi connectivity index (χ4v) is 4.11. The molecule has 0 bridgehead atoms. The van der Waals surface area contributed by atoms with Gasteiger partial charge in [-0.1, -0.05) is 0 Å². The number of hydrogen-bond acceptors (Lipinski definition) is 7. The van der Waals surface area contributed by atoms with E-state index in [4.69, 9.17) is 9.72 Å². The molecule has 31 heavy (non-hydrogen) atoms. The first-order valence-corrected chi connectivity index (χ1v) is 10.6. The van der Waals surface area contributed by atoms with Crippen LogP contribution in [-0.2, 0) is 11.3 Å². The van der Waals surface area contributed by atoms with Gasteiger partial charge in [0.2, 0.25) is 0 Å². The highest BCUT2D eigenvalue weighted by Crippen LogP contribution is 2.35. The van der Waals surface area contributed by atoms with E-state index in [1.807, 2.05) is 36.3 Å². The first kappa shape index (κ1) is 19.7. The molecular weight excluding hydrogens is 392 g/mol. The molecule has 5 heterocycles. The zero-order valence-corrected chi connectivity index (χ0v) is 17.7. The first-order chi connectivity index (χ1) is 15.3. The fourth-order valence-electron chi connectivity index (χ4n) is 4.11. The molecule has 0 unspecified atom stereocenters. The highest BCUT2D eigenvalue weighted by atomic mass is 16.5. The quantitative estimate of drug-likeness (QED) is 0.496. The summed E-state index contributed by atoms with van der Waals surface area (Å²) >= 11 is 0. The molecule has 0 radical (unpaired) electrons. The third kappa shape index (κ3) is 3.66. The van der Waals surface area contributed by atoms with Gasteiger partial charge < -0.3 is 15.0 Å². The minimum Gasteiger partial charge on any atom is -0.377 e. The molecule has 4 aromatic heterocycles. The van der Waals surface area contributed by atoms with Gasteiger partial charge in [0.15, 0.2) is 0 Å².